The second kappa shape index (κ2) is 10.1. The van der Waals surface area contributed by atoms with E-state index in [1.54, 1.807) is 25.4 Å². The quantitative estimate of drug-likeness (QED) is 0.563. The largest absolute Gasteiger partial charge is 0.495 e. The summed E-state index contributed by atoms with van der Waals surface area (Å²) < 4.78 is 5.14. The predicted molar refractivity (Wildman–Crippen MR) is 123 cm³/mol. The van der Waals surface area contributed by atoms with Gasteiger partial charge in [-0.2, -0.15) is 0 Å². The third kappa shape index (κ3) is 5.28. The van der Waals surface area contributed by atoms with Crippen LogP contribution in [0.4, 0.5) is 11.4 Å². The number of nitrogens with zero attached hydrogens (tertiary/aromatic N) is 2. The number of hydrogen-bond donors (Lipinski definition) is 2. The molecule has 0 saturated carbocycles. The number of carbonyl (C=O) groups excluding carboxylic acids is 1. The number of likely N-dealkylation sites (N-methyl/N-ethyl adjacent to an activating group) is 2. The number of benzene rings is 2. The Morgan fingerprint density at radius 2 is 1.90 bits per heavy atom. The average molecular weight is 425 g/mol. The molecular weight excluding hydrogens is 400 g/mol. The van der Waals surface area contributed by atoms with Crippen LogP contribution in [0, 0.1) is 0 Å². The van der Waals surface area contributed by atoms with Crippen LogP contribution in [0.2, 0.25) is 5.02 Å². The second-order valence-corrected chi connectivity index (χ2v) is 7.21. The number of carbonyl (C=O) groups is 1. The molecule has 1 amide bonds. The molecule has 0 fully saturated rings. The molecule has 2 aromatic carbocycles. The SMILES string of the molecule is CNCCN(C)c1ccc(C(=O)Nc2ccc(Cl)c(-c3ccc(OC)cn3)c2)cc1. The van der Waals surface area contributed by atoms with Crippen molar-refractivity contribution in [1.82, 2.24) is 10.3 Å². The van der Waals surface area contributed by atoms with E-state index < -0.39 is 0 Å². The third-order valence-electron chi connectivity index (χ3n) is 4.74. The van der Waals surface area contributed by atoms with Crippen LogP contribution in [-0.4, -0.2) is 45.2 Å². The molecule has 1 aromatic heterocycles. The van der Waals surface area contributed by atoms with E-state index >= 15 is 0 Å². The van der Waals surface area contributed by atoms with Crippen molar-refractivity contribution >= 4 is 28.9 Å². The fourth-order valence-corrected chi connectivity index (χ4v) is 3.15. The number of methoxy groups -OCH3 is 1. The molecular formula is C23H25ClN4O2. The summed E-state index contributed by atoms with van der Waals surface area (Å²) in [6, 6.07) is 16.5. The monoisotopic (exact) mass is 424 g/mol. The van der Waals surface area contributed by atoms with Gasteiger partial charge in [0.15, 0.2) is 0 Å². The lowest BCUT2D eigenvalue weighted by molar-refractivity contribution is 0.102. The van der Waals surface area contributed by atoms with E-state index in [9.17, 15) is 4.79 Å². The Kier molecular flexibility index (Phi) is 7.27. The molecule has 6 nitrogen and oxygen atoms in total. The van der Waals surface area contributed by atoms with Crippen LogP contribution in [0.3, 0.4) is 0 Å². The summed E-state index contributed by atoms with van der Waals surface area (Å²) in [5, 5.41) is 6.61. The van der Waals surface area contributed by atoms with Gasteiger partial charge in [0.1, 0.15) is 5.75 Å². The van der Waals surface area contributed by atoms with Crippen LogP contribution in [0.15, 0.2) is 60.8 Å². The molecule has 2 N–H and O–H groups in total. The van der Waals surface area contributed by atoms with Gasteiger partial charge in [0.05, 0.1) is 24.0 Å². The van der Waals surface area contributed by atoms with Crippen molar-refractivity contribution in [2.75, 3.05) is 44.5 Å². The number of pyridine rings is 1. The van der Waals surface area contributed by atoms with Gasteiger partial charge in [0.25, 0.3) is 5.91 Å². The van der Waals surface area contributed by atoms with E-state index in [0.717, 1.165) is 24.3 Å². The second-order valence-electron chi connectivity index (χ2n) is 6.80. The standard InChI is InChI=1S/C23H25ClN4O2/c1-25-12-13-28(2)18-7-4-16(5-8-18)23(29)27-17-6-10-21(24)20(14-17)22-11-9-19(30-3)15-26-22/h4-11,14-15,25H,12-13H2,1-3H3,(H,27,29). The summed E-state index contributed by atoms with van der Waals surface area (Å²) in [6.45, 7) is 1.77. The molecule has 0 unspecified atom stereocenters. The van der Waals surface area contributed by atoms with Crippen molar-refractivity contribution < 1.29 is 9.53 Å². The lowest BCUT2D eigenvalue weighted by atomic mass is 10.1. The summed E-state index contributed by atoms with van der Waals surface area (Å²) >= 11 is 6.35. The van der Waals surface area contributed by atoms with Gasteiger partial charge in [-0.3, -0.25) is 9.78 Å². The first-order chi connectivity index (χ1) is 14.5. The molecule has 30 heavy (non-hydrogen) atoms. The maximum absolute atomic E-state index is 12.7. The highest BCUT2D eigenvalue weighted by Crippen LogP contribution is 2.30. The Hall–Kier alpha value is -3.09. The molecule has 3 rings (SSSR count). The Morgan fingerprint density at radius 1 is 1.13 bits per heavy atom. The van der Waals surface area contributed by atoms with Crippen LogP contribution < -0.4 is 20.3 Å². The molecule has 1 heterocycles. The summed E-state index contributed by atoms with van der Waals surface area (Å²) in [4.78, 5) is 19.2. The molecule has 7 heteroatoms. The minimum atomic E-state index is -0.185. The zero-order valence-corrected chi connectivity index (χ0v) is 18.0. The van der Waals surface area contributed by atoms with Crippen LogP contribution in [0.25, 0.3) is 11.3 Å². The van der Waals surface area contributed by atoms with Gasteiger partial charge in [-0.15, -0.1) is 0 Å². The highest BCUT2D eigenvalue weighted by atomic mass is 35.5. The van der Waals surface area contributed by atoms with E-state index in [1.165, 1.54) is 0 Å². The molecule has 0 radical (unpaired) electrons. The molecule has 0 aliphatic heterocycles. The molecule has 3 aromatic rings. The number of hydrogen-bond acceptors (Lipinski definition) is 5. The number of halogens is 1. The summed E-state index contributed by atoms with van der Waals surface area (Å²) in [5.74, 6) is 0.481. The van der Waals surface area contributed by atoms with Gasteiger partial charge >= 0.3 is 0 Å². The van der Waals surface area contributed by atoms with Crippen molar-refractivity contribution in [2.24, 2.45) is 0 Å². The first-order valence-corrected chi connectivity index (χ1v) is 9.96. The molecule has 0 aliphatic rings. The first kappa shape index (κ1) is 21.6. The maximum atomic E-state index is 12.7. The Balaban J connectivity index is 1.73. The van der Waals surface area contributed by atoms with E-state index in [4.69, 9.17) is 16.3 Å². The number of amides is 1. The lowest BCUT2D eigenvalue weighted by Crippen LogP contribution is -2.27. The molecule has 0 spiro atoms. The van der Waals surface area contributed by atoms with E-state index in [0.29, 0.717) is 27.7 Å². The van der Waals surface area contributed by atoms with E-state index in [1.807, 2.05) is 56.6 Å². The van der Waals surface area contributed by atoms with Crippen molar-refractivity contribution in [1.29, 1.82) is 0 Å². The van der Waals surface area contributed by atoms with E-state index in [-0.39, 0.29) is 5.91 Å². The fraction of sp³-hybridized carbons (Fsp3) is 0.217. The third-order valence-corrected chi connectivity index (χ3v) is 5.07. The van der Waals surface area contributed by atoms with Gasteiger partial charge < -0.3 is 20.3 Å². The van der Waals surface area contributed by atoms with E-state index in [2.05, 4.69) is 20.5 Å². The summed E-state index contributed by atoms with van der Waals surface area (Å²) in [6.07, 6.45) is 1.63. The minimum absolute atomic E-state index is 0.185. The van der Waals surface area contributed by atoms with Crippen LogP contribution in [-0.2, 0) is 0 Å². The zero-order valence-electron chi connectivity index (χ0n) is 17.3. The first-order valence-electron chi connectivity index (χ1n) is 9.59. The molecule has 0 saturated heterocycles. The normalized spacial score (nSPS) is 10.5. The fourth-order valence-electron chi connectivity index (χ4n) is 2.94. The number of aromatic nitrogens is 1. The Morgan fingerprint density at radius 3 is 2.53 bits per heavy atom. The van der Waals surface area contributed by atoms with Crippen LogP contribution >= 0.6 is 11.6 Å². The maximum Gasteiger partial charge on any atom is 0.255 e. The van der Waals surface area contributed by atoms with Crippen molar-refractivity contribution in [2.45, 2.75) is 0 Å². The average Bonchev–Trinajstić information content (AvgIpc) is 2.79. The van der Waals surface area contributed by atoms with Crippen LogP contribution in [0.1, 0.15) is 10.4 Å². The molecule has 0 bridgehead atoms. The highest BCUT2D eigenvalue weighted by Gasteiger charge is 2.11. The van der Waals surface area contributed by atoms with Crippen molar-refractivity contribution in [3.05, 3.63) is 71.4 Å². The summed E-state index contributed by atoms with van der Waals surface area (Å²) in [7, 11) is 5.54. The van der Waals surface area contributed by atoms with Gasteiger partial charge in [-0.25, -0.2) is 0 Å². The minimum Gasteiger partial charge on any atom is -0.495 e. The Labute approximate surface area is 181 Å². The van der Waals surface area contributed by atoms with Gasteiger partial charge in [0, 0.05) is 42.6 Å². The number of nitrogens with one attached hydrogen (secondary N) is 2. The molecule has 0 atom stereocenters. The topological polar surface area (TPSA) is 66.5 Å². The molecule has 156 valence electrons. The predicted octanol–water partition coefficient (Wildman–Crippen LogP) is 4.32. The van der Waals surface area contributed by atoms with Gasteiger partial charge in [0.2, 0.25) is 0 Å². The van der Waals surface area contributed by atoms with Crippen molar-refractivity contribution in [3.63, 3.8) is 0 Å². The molecule has 0 aliphatic carbocycles. The van der Waals surface area contributed by atoms with Crippen LogP contribution in [0.5, 0.6) is 5.75 Å². The summed E-state index contributed by atoms with van der Waals surface area (Å²) in [5.41, 5.74) is 3.72. The number of ether oxygens (including phenoxy) is 1. The highest BCUT2D eigenvalue weighted by molar-refractivity contribution is 6.33. The van der Waals surface area contributed by atoms with Gasteiger partial charge in [-0.1, -0.05) is 11.6 Å². The Bertz CT molecular complexity index is 991. The lowest BCUT2D eigenvalue weighted by Gasteiger charge is -2.19. The zero-order chi connectivity index (χ0) is 21.5. The smallest absolute Gasteiger partial charge is 0.255 e. The number of rotatable bonds is 8. The number of anilines is 2. The van der Waals surface area contributed by atoms with Gasteiger partial charge in [-0.05, 0) is 61.6 Å². The van der Waals surface area contributed by atoms with Crippen molar-refractivity contribution in [3.8, 4) is 17.0 Å².